The first kappa shape index (κ1) is 13.6. The van der Waals surface area contributed by atoms with Crippen LogP contribution in [-0.4, -0.2) is 12.3 Å². The van der Waals surface area contributed by atoms with Crippen molar-refractivity contribution in [2.24, 2.45) is 4.99 Å². The summed E-state index contributed by atoms with van der Waals surface area (Å²) in [5.41, 5.74) is 4.60. The molecule has 2 aromatic rings. The van der Waals surface area contributed by atoms with Crippen LogP contribution < -0.4 is 0 Å². The van der Waals surface area contributed by atoms with Crippen LogP contribution in [0.3, 0.4) is 0 Å². The Kier molecular flexibility index (Phi) is 3.96. The number of alkyl halides is 1. The number of hydrogen-bond acceptors (Lipinski definition) is 1. The highest BCUT2D eigenvalue weighted by atomic mass is 127. The standard InChI is InChI=1S/C15H10BrClIN/c16-14-8-19-15(9-2-1-3-11(18)6-9)12-5-4-10(17)7-13(12)14/h1-7,14H,8H2. The van der Waals surface area contributed by atoms with Crippen LogP contribution >= 0.6 is 50.1 Å². The van der Waals surface area contributed by atoms with Gasteiger partial charge in [0, 0.05) is 19.7 Å². The molecule has 1 aliphatic heterocycles. The van der Waals surface area contributed by atoms with Gasteiger partial charge in [0.1, 0.15) is 0 Å². The number of hydrogen-bond donors (Lipinski definition) is 0. The fourth-order valence-electron chi connectivity index (χ4n) is 2.25. The maximum atomic E-state index is 6.10. The quantitative estimate of drug-likeness (QED) is 0.420. The van der Waals surface area contributed by atoms with E-state index in [0.29, 0.717) is 0 Å². The highest BCUT2D eigenvalue weighted by Gasteiger charge is 2.22. The van der Waals surface area contributed by atoms with Gasteiger partial charge in [-0.15, -0.1) is 0 Å². The van der Waals surface area contributed by atoms with Gasteiger partial charge in [-0.2, -0.15) is 0 Å². The molecule has 0 spiro atoms. The van der Waals surface area contributed by atoms with Crippen LogP contribution in [0, 0.1) is 3.57 Å². The second kappa shape index (κ2) is 5.54. The lowest BCUT2D eigenvalue weighted by molar-refractivity contribution is 0.934. The van der Waals surface area contributed by atoms with Crippen molar-refractivity contribution in [2.45, 2.75) is 4.83 Å². The molecule has 1 unspecified atom stereocenters. The zero-order valence-electron chi connectivity index (χ0n) is 9.91. The SMILES string of the molecule is Clc1ccc2c(c1)C(Br)CN=C2c1cccc(I)c1. The predicted octanol–water partition coefficient (Wildman–Crippen LogP) is 5.23. The third kappa shape index (κ3) is 2.73. The molecule has 0 saturated carbocycles. The molecule has 1 aliphatic rings. The Morgan fingerprint density at radius 1 is 1.21 bits per heavy atom. The van der Waals surface area contributed by atoms with Gasteiger partial charge in [-0.1, -0.05) is 45.7 Å². The van der Waals surface area contributed by atoms with E-state index in [1.165, 1.54) is 14.7 Å². The van der Waals surface area contributed by atoms with Crippen molar-refractivity contribution < 1.29 is 0 Å². The van der Waals surface area contributed by atoms with Gasteiger partial charge in [0.25, 0.3) is 0 Å². The summed E-state index contributed by atoms with van der Waals surface area (Å²) in [5, 5.41) is 0.770. The molecule has 1 atom stereocenters. The molecule has 0 aliphatic carbocycles. The van der Waals surface area contributed by atoms with Gasteiger partial charge in [-0.3, -0.25) is 4.99 Å². The smallest absolute Gasteiger partial charge is 0.0723 e. The van der Waals surface area contributed by atoms with E-state index in [4.69, 9.17) is 16.6 Å². The van der Waals surface area contributed by atoms with E-state index < -0.39 is 0 Å². The molecule has 4 heteroatoms. The summed E-state index contributed by atoms with van der Waals surface area (Å²) in [6.07, 6.45) is 0. The fourth-order valence-corrected chi connectivity index (χ4v) is 3.49. The summed E-state index contributed by atoms with van der Waals surface area (Å²) in [7, 11) is 0. The van der Waals surface area contributed by atoms with Gasteiger partial charge in [-0.05, 0) is 52.4 Å². The molecule has 1 heterocycles. The lowest BCUT2D eigenvalue weighted by Crippen LogP contribution is -2.15. The highest BCUT2D eigenvalue weighted by molar-refractivity contribution is 14.1. The Labute approximate surface area is 139 Å². The number of nitrogens with zero attached hydrogens (tertiary/aromatic N) is 1. The lowest BCUT2D eigenvalue weighted by Gasteiger charge is -2.21. The Morgan fingerprint density at radius 3 is 2.84 bits per heavy atom. The van der Waals surface area contributed by atoms with Gasteiger partial charge in [0.05, 0.1) is 17.1 Å². The Balaban J connectivity index is 2.15. The molecule has 0 aromatic heterocycles. The second-order valence-electron chi connectivity index (χ2n) is 4.40. The van der Waals surface area contributed by atoms with Gasteiger partial charge >= 0.3 is 0 Å². The molecule has 19 heavy (non-hydrogen) atoms. The van der Waals surface area contributed by atoms with E-state index in [1.807, 2.05) is 12.1 Å². The van der Waals surface area contributed by atoms with Crippen LogP contribution in [0.15, 0.2) is 47.5 Å². The van der Waals surface area contributed by atoms with Crippen LogP contribution in [0.4, 0.5) is 0 Å². The Bertz CT molecular complexity index is 669. The van der Waals surface area contributed by atoms with Crippen molar-refractivity contribution in [3.63, 3.8) is 0 Å². The molecular formula is C15H10BrClIN. The first-order chi connectivity index (χ1) is 9.15. The van der Waals surface area contributed by atoms with E-state index in [0.717, 1.165) is 22.8 Å². The van der Waals surface area contributed by atoms with Crippen LogP contribution in [0.1, 0.15) is 21.5 Å². The Morgan fingerprint density at radius 2 is 2.05 bits per heavy atom. The van der Waals surface area contributed by atoms with Crippen LogP contribution in [0.5, 0.6) is 0 Å². The lowest BCUT2D eigenvalue weighted by atomic mass is 9.93. The van der Waals surface area contributed by atoms with Crippen LogP contribution in [-0.2, 0) is 0 Å². The molecule has 96 valence electrons. The zero-order valence-corrected chi connectivity index (χ0v) is 14.4. The van der Waals surface area contributed by atoms with Gasteiger partial charge in [0.2, 0.25) is 0 Å². The summed E-state index contributed by atoms with van der Waals surface area (Å²) in [6.45, 7) is 0.744. The normalized spacial score (nSPS) is 17.8. The molecule has 0 radical (unpaired) electrons. The van der Waals surface area contributed by atoms with Crippen molar-refractivity contribution in [2.75, 3.05) is 6.54 Å². The van der Waals surface area contributed by atoms with Gasteiger partial charge in [0.15, 0.2) is 0 Å². The topological polar surface area (TPSA) is 12.4 Å². The number of rotatable bonds is 1. The minimum atomic E-state index is 0.243. The van der Waals surface area contributed by atoms with Gasteiger partial charge in [-0.25, -0.2) is 0 Å². The molecule has 0 N–H and O–H groups in total. The van der Waals surface area contributed by atoms with E-state index >= 15 is 0 Å². The third-order valence-electron chi connectivity index (χ3n) is 3.11. The number of halogens is 3. The van der Waals surface area contributed by atoms with Crippen LogP contribution in [0.25, 0.3) is 0 Å². The second-order valence-corrected chi connectivity index (χ2v) is 7.19. The van der Waals surface area contributed by atoms with E-state index in [9.17, 15) is 0 Å². The fraction of sp³-hybridized carbons (Fsp3) is 0.133. The van der Waals surface area contributed by atoms with Crippen molar-refractivity contribution >= 4 is 55.8 Å². The molecule has 2 aromatic carbocycles. The summed E-state index contributed by atoms with van der Waals surface area (Å²) in [6, 6.07) is 14.4. The van der Waals surface area contributed by atoms with E-state index in [2.05, 4.69) is 68.9 Å². The monoisotopic (exact) mass is 445 g/mol. The number of aliphatic imine (C=N–C) groups is 1. The molecule has 0 amide bonds. The van der Waals surface area contributed by atoms with Crippen molar-refractivity contribution in [1.82, 2.24) is 0 Å². The molecular weight excluding hydrogens is 436 g/mol. The summed E-state index contributed by atoms with van der Waals surface area (Å²) < 4.78 is 1.22. The largest absolute Gasteiger partial charge is 0.283 e. The first-order valence-corrected chi connectivity index (χ1v) is 8.26. The van der Waals surface area contributed by atoms with Crippen LogP contribution in [0.2, 0.25) is 5.02 Å². The van der Waals surface area contributed by atoms with E-state index in [-0.39, 0.29) is 4.83 Å². The minimum Gasteiger partial charge on any atom is -0.283 e. The molecule has 3 rings (SSSR count). The highest BCUT2D eigenvalue weighted by Crippen LogP contribution is 2.34. The van der Waals surface area contributed by atoms with Gasteiger partial charge < -0.3 is 0 Å². The maximum Gasteiger partial charge on any atom is 0.0723 e. The van der Waals surface area contributed by atoms with Crippen molar-refractivity contribution in [1.29, 1.82) is 0 Å². The average molecular weight is 447 g/mol. The molecule has 1 nitrogen and oxygen atoms in total. The average Bonchev–Trinajstić information content (AvgIpc) is 2.40. The predicted molar refractivity (Wildman–Crippen MR) is 92.8 cm³/mol. The molecule has 0 bridgehead atoms. The summed E-state index contributed by atoms with van der Waals surface area (Å²) in [4.78, 5) is 4.96. The van der Waals surface area contributed by atoms with Crippen molar-refractivity contribution in [3.8, 4) is 0 Å². The molecule has 0 fully saturated rings. The number of fused-ring (bicyclic) bond motifs is 1. The minimum absolute atomic E-state index is 0.243. The number of benzene rings is 2. The van der Waals surface area contributed by atoms with E-state index in [1.54, 1.807) is 0 Å². The summed E-state index contributed by atoms with van der Waals surface area (Å²) >= 11 is 12.1. The van der Waals surface area contributed by atoms with Crippen molar-refractivity contribution in [3.05, 3.63) is 67.7 Å². The Hall–Kier alpha value is -0.390. The molecule has 0 saturated heterocycles. The first-order valence-electron chi connectivity index (χ1n) is 5.89. The summed E-state index contributed by atoms with van der Waals surface area (Å²) in [5.74, 6) is 0. The zero-order chi connectivity index (χ0) is 13.4. The third-order valence-corrected chi connectivity index (χ3v) is 4.80. The maximum absolute atomic E-state index is 6.10.